The summed E-state index contributed by atoms with van der Waals surface area (Å²) in [5, 5.41) is 1.93. The second kappa shape index (κ2) is 3.25. The largest absolute Gasteiger partial charge is 0.253 e. The molecule has 0 aliphatic carbocycles. The number of rotatable bonds is 0. The molecule has 14 heavy (non-hydrogen) atoms. The van der Waals surface area contributed by atoms with Gasteiger partial charge in [-0.05, 0) is 50.1 Å². The molecule has 0 saturated heterocycles. The van der Waals surface area contributed by atoms with E-state index < -0.39 is 0 Å². The molecular weight excluding hydrogens is 194 g/mol. The molecule has 1 nitrogen and oxygen atoms in total. The molecule has 72 valence electrons. The van der Waals surface area contributed by atoms with Crippen molar-refractivity contribution in [3.05, 3.63) is 40.0 Å². The highest BCUT2D eigenvalue weighted by atomic mass is 35.5. The van der Waals surface area contributed by atoms with Crippen LogP contribution in [0.5, 0.6) is 0 Å². The molecular formula is C12H12ClN. The molecule has 2 aromatic rings. The predicted molar refractivity (Wildman–Crippen MR) is 61.0 cm³/mol. The molecule has 0 aliphatic rings. The molecule has 0 unspecified atom stereocenters. The number of halogens is 1. The second-order valence-electron chi connectivity index (χ2n) is 3.70. The van der Waals surface area contributed by atoms with Crippen LogP contribution >= 0.6 is 11.6 Å². The number of pyridine rings is 1. The van der Waals surface area contributed by atoms with Crippen molar-refractivity contribution in [3.63, 3.8) is 0 Å². The molecule has 0 bridgehead atoms. The Morgan fingerprint density at radius 1 is 1.00 bits per heavy atom. The van der Waals surface area contributed by atoms with Gasteiger partial charge in [0, 0.05) is 16.1 Å². The van der Waals surface area contributed by atoms with Crippen LogP contribution in [0.1, 0.15) is 16.8 Å². The summed E-state index contributed by atoms with van der Waals surface area (Å²) in [4.78, 5) is 4.52. The van der Waals surface area contributed by atoms with Crippen LogP contribution in [0.3, 0.4) is 0 Å². The van der Waals surface area contributed by atoms with Gasteiger partial charge in [-0.2, -0.15) is 0 Å². The fourth-order valence-electron chi connectivity index (χ4n) is 1.78. The van der Waals surface area contributed by atoms with E-state index in [0.29, 0.717) is 0 Å². The molecule has 0 radical (unpaired) electrons. The van der Waals surface area contributed by atoms with Gasteiger partial charge in [-0.25, -0.2) is 0 Å². The third-order valence-electron chi connectivity index (χ3n) is 2.40. The summed E-state index contributed by atoms with van der Waals surface area (Å²) in [6, 6.07) is 6.01. The van der Waals surface area contributed by atoms with Crippen LogP contribution in [0, 0.1) is 20.8 Å². The summed E-state index contributed by atoms with van der Waals surface area (Å²) in [7, 11) is 0. The number of benzene rings is 1. The summed E-state index contributed by atoms with van der Waals surface area (Å²) in [5.74, 6) is 0. The Balaban J connectivity index is 2.94. The minimum Gasteiger partial charge on any atom is -0.253 e. The van der Waals surface area contributed by atoms with Crippen molar-refractivity contribution < 1.29 is 0 Å². The van der Waals surface area contributed by atoms with E-state index in [-0.39, 0.29) is 0 Å². The summed E-state index contributed by atoms with van der Waals surface area (Å²) < 4.78 is 0. The van der Waals surface area contributed by atoms with Crippen molar-refractivity contribution in [1.29, 1.82) is 0 Å². The van der Waals surface area contributed by atoms with Crippen molar-refractivity contribution in [2.24, 2.45) is 0 Å². The molecule has 0 fully saturated rings. The van der Waals surface area contributed by atoms with Gasteiger partial charge in [0.2, 0.25) is 0 Å². The Bertz CT molecular complexity index is 456. The lowest BCUT2D eigenvalue weighted by molar-refractivity contribution is 1.22. The number of fused-ring (bicyclic) bond motifs is 1. The highest BCUT2D eigenvalue weighted by molar-refractivity contribution is 6.31. The van der Waals surface area contributed by atoms with Gasteiger partial charge in [-0.3, -0.25) is 4.98 Å². The maximum absolute atomic E-state index is 6.01. The third-order valence-corrected chi connectivity index (χ3v) is 2.62. The van der Waals surface area contributed by atoms with Crippen LogP contribution in [-0.4, -0.2) is 4.98 Å². The zero-order valence-electron chi connectivity index (χ0n) is 8.56. The Morgan fingerprint density at radius 3 is 2.43 bits per heavy atom. The maximum Gasteiger partial charge on any atom is 0.0738 e. The smallest absolute Gasteiger partial charge is 0.0738 e. The highest BCUT2D eigenvalue weighted by Gasteiger charge is 2.04. The van der Waals surface area contributed by atoms with E-state index in [2.05, 4.69) is 18.0 Å². The minimum absolute atomic E-state index is 0.781. The van der Waals surface area contributed by atoms with Crippen molar-refractivity contribution in [3.8, 4) is 0 Å². The molecule has 1 heterocycles. The van der Waals surface area contributed by atoms with Gasteiger partial charge in [0.15, 0.2) is 0 Å². The average molecular weight is 206 g/mol. The number of hydrogen-bond donors (Lipinski definition) is 0. The van der Waals surface area contributed by atoms with Crippen molar-refractivity contribution in [2.75, 3.05) is 0 Å². The van der Waals surface area contributed by atoms with E-state index in [0.717, 1.165) is 27.2 Å². The Hall–Kier alpha value is -1.08. The highest BCUT2D eigenvalue weighted by Crippen LogP contribution is 2.25. The van der Waals surface area contributed by atoms with Gasteiger partial charge in [-0.1, -0.05) is 11.6 Å². The van der Waals surface area contributed by atoms with Crippen LogP contribution in [-0.2, 0) is 0 Å². The molecule has 0 spiro atoms. The average Bonchev–Trinajstić information content (AvgIpc) is 2.07. The van der Waals surface area contributed by atoms with Gasteiger partial charge in [0.05, 0.1) is 5.52 Å². The Kier molecular flexibility index (Phi) is 2.20. The first-order valence-corrected chi connectivity index (χ1v) is 5.00. The van der Waals surface area contributed by atoms with Crippen molar-refractivity contribution in [2.45, 2.75) is 20.8 Å². The zero-order valence-corrected chi connectivity index (χ0v) is 9.31. The van der Waals surface area contributed by atoms with Gasteiger partial charge in [0.1, 0.15) is 0 Å². The van der Waals surface area contributed by atoms with Crippen LogP contribution in [0.2, 0.25) is 5.02 Å². The van der Waals surface area contributed by atoms with Gasteiger partial charge < -0.3 is 0 Å². The van der Waals surface area contributed by atoms with Crippen LogP contribution < -0.4 is 0 Å². The van der Waals surface area contributed by atoms with E-state index in [4.69, 9.17) is 11.6 Å². The Labute approximate surface area is 88.7 Å². The summed E-state index contributed by atoms with van der Waals surface area (Å²) in [6.45, 7) is 6.15. The summed E-state index contributed by atoms with van der Waals surface area (Å²) >= 11 is 6.01. The molecule has 0 aliphatic heterocycles. The molecule has 0 N–H and O–H groups in total. The quantitative estimate of drug-likeness (QED) is 0.637. The van der Waals surface area contributed by atoms with Crippen LogP contribution in [0.4, 0.5) is 0 Å². The zero-order chi connectivity index (χ0) is 10.3. The summed E-state index contributed by atoms with van der Waals surface area (Å²) in [6.07, 6.45) is 0. The molecule has 2 rings (SSSR count). The lowest BCUT2D eigenvalue weighted by atomic mass is 10.1. The lowest BCUT2D eigenvalue weighted by Gasteiger charge is -2.06. The first kappa shape index (κ1) is 9.47. The van der Waals surface area contributed by atoms with Gasteiger partial charge in [-0.15, -0.1) is 0 Å². The molecule has 1 aromatic heterocycles. The molecule has 0 atom stereocenters. The topological polar surface area (TPSA) is 12.9 Å². The molecule has 0 saturated carbocycles. The standard InChI is InChI=1S/C12H12ClN/c1-7-4-9(3)14-12-8(2)5-10(13)6-11(7)12/h4-6H,1-3H3. The normalized spacial score (nSPS) is 10.9. The SMILES string of the molecule is Cc1cc(C)c2cc(Cl)cc(C)c2n1. The maximum atomic E-state index is 6.01. The van der Waals surface area contributed by atoms with E-state index in [1.54, 1.807) is 0 Å². The van der Waals surface area contributed by atoms with Crippen LogP contribution in [0.25, 0.3) is 10.9 Å². The van der Waals surface area contributed by atoms with E-state index in [9.17, 15) is 0 Å². The fourth-order valence-corrected chi connectivity index (χ4v) is 2.06. The lowest BCUT2D eigenvalue weighted by Crippen LogP contribution is -1.90. The van der Waals surface area contributed by atoms with Crippen molar-refractivity contribution >= 4 is 22.5 Å². The first-order valence-electron chi connectivity index (χ1n) is 4.62. The monoisotopic (exact) mass is 205 g/mol. The molecule has 0 amide bonds. The fraction of sp³-hybridized carbons (Fsp3) is 0.250. The van der Waals surface area contributed by atoms with Gasteiger partial charge in [0.25, 0.3) is 0 Å². The molecule has 2 heteroatoms. The van der Waals surface area contributed by atoms with Crippen LogP contribution in [0.15, 0.2) is 18.2 Å². The van der Waals surface area contributed by atoms with E-state index >= 15 is 0 Å². The predicted octanol–water partition coefficient (Wildman–Crippen LogP) is 3.81. The minimum atomic E-state index is 0.781. The van der Waals surface area contributed by atoms with E-state index in [1.807, 2.05) is 26.0 Å². The Morgan fingerprint density at radius 2 is 1.71 bits per heavy atom. The number of nitrogens with zero attached hydrogens (tertiary/aromatic N) is 1. The third kappa shape index (κ3) is 1.48. The number of hydrogen-bond acceptors (Lipinski definition) is 1. The van der Waals surface area contributed by atoms with Crippen molar-refractivity contribution in [1.82, 2.24) is 4.98 Å². The van der Waals surface area contributed by atoms with Gasteiger partial charge >= 0.3 is 0 Å². The molecule has 1 aromatic carbocycles. The van der Waals surface area contributed by atoms with E-state index in [1.165, 1.54) is 5.56 Å². The number of aromatic nitrogens is 1. The number of aryl methyl sites for hydroxylation is 3. The first-order chi connectivity index (χ1) is 6.58. The second-order valence-corrected chi connectivity index (χ2v) is 4.14. The summed E-state index contributed by atoms with van der Waals surface area (Å²) in [5.41, 5.74) is 4.49.